The fourth-order valence-electron chi connectivity index (χ4n) is 3.21. The van der Waals surface area contributed by atoms with Gasteiger partial charge in [-0.05, 0) is 63.0 Å². The normalized spacial score (nSPS) is 14.3. The van der Waals surface area contributed by atoms with Gasteiger partial charge >= 0.3 is 10.3 Å². The zero-order chi connectivity index (χ0) is 19.0. The first kappa shape index (κ1) is 20.7. The molecule has 0 spiro atoms. The van der Waals surface area contributed by atoms with Gasteiger partial charge in [0.15, 0.2) is 0 Å². The van der Waals surface area contributed by atoms with Crippen molar-refractivity contribution in [1.82, 2.24) is 4.90 Å². The van der Waals surface area contributed by atoms with Gasteiger partial charge in [0.2, 0.25) is 0 Å². The Morgan fingerprint density at radius 3 is 2.81 bits per heavy atom. The summed E-state index contributed by atoms with van der Waals surface area (Å²) in [4.78, 5) is 2.26. The third kappa shape index (κ3) is 6.30. The number of aryl methyl sites for hydroxylation is 1. The van der Waals surface area contributed by atoms with Crippen LogP contribution in [0.15, 0.2) is 30.9 Å². The highest BCUT2D eigenvalue weighted by atomic mass is 32.2. The first-order valence-electron chi connectivity index (χ1n) is 9.22. The summed E-state index contributed by atoms with van der Waals surface area (Å²) in [6.07, 6.45) is 7.88. The topological polar surface area (TPSA) is 70.1 Å². The molecule has 0 radical (unpaired) electrons. The number of nitrogens with zero attached hydrogens (tertiary/aromatic N) is 2. The standard InChI is InChI=1S/C19H30N2O4S/c1-3-12-20(2)13-6-4-5-7-15-25-18-10-11-19-17(16-18)9-8-14-21(19)26(22,23)24/h3,10-11,16H,1,4-9,12-15H2,2H3,(H,22,23,24). The predicted molar refractivity (Wildman–Crippen MR) is 105 cm³/mol. The largest absolute Gasteiger partial charge is 0.494 e. The van der Waals surface area contributed by atoms with Crippen molar-refractivity contribution < 1.29 is 17.7 Å². The van der Waals surface area contributed by atoms with Gasteiger partial charge in [-0.2, -0.15) is 8.42 Å². The van der Waals surface area contributed by atoms with Crippen LogP contribution in [0.25, 0.3) is 0 Å². The Kier molecular flexibility index (Phi) is 7.93. The van der Waals surface area contributed by atoms with Crippen molar-refractivity contribution >= 4 is 16.0 Å². The molecule has 146 valence electrons. The number of likely N-dealkylation sites (N-methyl/N-ethyl adjacent to an activating group) is 1. The summed E-state index contributed by atoms with van der Waals surface area (Å²) in [5.41, 5.74) is 1.45. The lowest BCUT2D eigenvalue weighted by atomic mass is 10.0. The Labute approximate surface area is 157 Å². The van der Waals surface area contributed by atoms with Crippen LogP contribution in [0.2, 0.25) is 0 Å². The highest BCUT2D eigenvalue weighted by Crippen LogP contribution is 2.32. The lowest BCUT2D eigenvalue weighted by molar-refractivity contribution is 0.300. The Morgan fingerprint density at radius 2 is 2.08 bits per heavy atom. The molecule has 6 nitrogen and oxygen atoms in total. The Morgan fingerprint density at radius 1 is 1.31 bits per heavy atom. The molecule has 0 saturated carbocycles. The van der Waals surface area contributed by atoms with Crippen molar-refractivity contribution in [3.63, 3.8) is 0 Å². The average Bonchev–Trinajstić information content (AvgIpc) is 2.59. The monoisotopic (exact) mass is 382 g/mol. The molecular formula is C19H30N2O4S. The van der Waals surface area contributed by atoms with Crippen molar-refractivity contribution in [3.05, 3.63) is 36.4 Å². The number of rotatable bonds is 11. The molecule has 1 N–H and O–H groups in total. The molecule has 0 unspecified atom stereocenters. The van der Waals surface area contributed by atoms with E-state index in [1.54, 1.807) is 12.1 Å². The van der Waals surface area contributed by atoms with Crippen molar-refractivity contribution in [2.75, 3.05) is 37.6 Å². The first-order valence-corrected chi connectivity index (χ1v) is 10.6. The van der Waals surface area contributed by atoms with Crippen LogP contribution in [0.5, 0.6) is 5.75 Å². The van der Waals surface area contributed by atoms with Crippen LogP contribution in [-0.2, 0) is 16.7 Å². The van der Waals surface area contributed by atoms with E-state index >= 15 is 0 Å². The summed E-state index contributed by atoms with van der Waals surface area (Å²) in [5.74, 6) is 0.756. The molecule has 0 aromatic heterocycles. The summed E-state index contributed by atoms with van der Waals surface area (Å²) >= 11 is 0. The van der Waals surface area contributed by atoms with E-state index in [0.717, 1.165) is 48.0 Å². The third-order valence-corrected chi connectivity index (χ3v) is 5.49. The lowest BCUT2D eigenvalue weighted by Gasteiger charge is -2.28. The molecule has 1 aromatic rings. The maximum Gasteiger partial charge on any atom is 0.359 e. The molecule has 0 aliphatic carbocycles. The SMILES string of the molecule is C=CCN(C)CCCCCCOc1ccc2c(c1)CCCN2S(=O)(=O)O. The van der Waals surface area contributed by atoms with Crippen molar-refractivity contribution in [3.8, 4) is 5.75 Å². The van der Waals surface area contributed by atoms with E-state index in [-0.39, 0.29) is 0 Å². The summed E-state index contributed by atoms with van der Waals surface area (Å²) in [5, 5.41) is 0. The molecular weight excluding hydrogens is 352 g/mol. The fraction of sp³-hybridized carbons (Fsp3) is 0.579. The van der Waals surface area contributed by atoms with Gasteiger partial charge in [-0.3, -0.25) is 4.55 Å². The smallest absolute Gasteiger partial charge is 0.359 e. The van der Waals surface area contributed by atoms with Crippen LogP contribution < -0.4 is 9.04 Å². The average molecular weight is 383 g/mol. The second-order valence-corrected chi connectivity index (χ2v) is 8.09. The molecule has 0 saturated heterocycles. The second kappa shape index (κ2) is 9.94. The highest BCUT2D eigenvalue weighted by molar-refractivity contribution is 7.87. The van der Waals surface area contributed by atoms with Gasteiger partial charge in [0.05, 0.1) is 12.3 Å². The molecule has 1 aromatic carbocycles. The maximum atomic E-state index is 11.5. The van der Waals surface area contributed by atoms with Crippen molar-refractivity contribution in [2.24, 2.45) is 0 Å². The van der Waals surface area contributed by atoms with E-state index in [0.29, 0.717) is 25.3 Å². The summed E-state index contributed by atoms with van der Waals surface area (Å²) in [6.45, 7) is 6.72. The molecule has 0 bridgehead atoms. The zero-order valence-corrected chi connectivity index (χ0v) is 16.4. The maximum absolute atomic E-state index is 11.5. The second-order valence-electron chi connectivity index (χ2n) is 6.76. The molecule has 2 rings (SSSR count). The van der Waals surface area contributed by atoms with Crippen molar-refractivity contribution in [2.45, 2.75) is 38.5 Å². The van der Waals surface area contributed by atoms with E-state index in [9.17, 15) is 13.0 Å². The third-order valence-electron chi connectivity index (χ3n) is 4.55. The lowest BCUT2D eigenvalue weighted by Crippen LogP contribution is -2.34. The predicted octanol–water partition coefficient (Wildman–Crippen LogP) is 3.30. The van der Waals surface area contributed by atoms with Crippen LogP contribution in [0.4, 0.5) is 5.69 Å². The van der Waals surface area contributed by atoms with Crippen LogP contribution >= 0.6 is 0 Å². The minimum absolute atomic E-state index is 0.314. The number of anilines is 1. The molecule has 7 heteroatoms. The molecule has 1 aliphatic rings. The number of hydrogen-bond acceptors (Lipinski definition) is 4. The quantitative estimate of drug-likeness (QED) is 0.361. The van der Waals surface area contributed by atoms with E-state index in [2.05, 4.69) is 18.5 Å². The number of unbranched alkanes of at least 4 members (excludes halogenated alkanes) is 3. The van der Waals surface area contributed by atoms with Crippen molar-refractivity contribution in [1.29, 1.82) is 0 Å². The summed E-state index contributed by atoms with van der Waals surface area (Å²) < 4.78 is 39.1. The Bertz CT molecular complexity index is 691. The van der Waals surface area contributed by atoms with Gasteiger partial charge in [-0.15, -0.1) is 6.58 Å². The molecule has 0 atom stereocenters. The van der Waals surface area contributed by atoms with E-state index in [1.165, 1.54) is 12.8 Å². The molecule has 26 heavy (non-hydrogen) atoms. The van der Waals surface area contributed by atoms with Gasteiger partial charge in [0.25, 0.3) is 0 Å². The van der Waals surface area contributed by atoms with E-state index < -0.39 is 10.3 Å². The summed E-state index contributed by atoms with van der Waals surface area (Å²) in [7, 11) is -2.11. The number of fused-ring (bicyclic) bond motifs is 1. The zero-order valence-electron chi connectivity index (χ0n) is 15.6. The van der Waals surface area contributed by atoms with Gasteiger partial charge in [0.1, 0.15) is 5.75 Å². The summed E-state index contributed by atoms with van der Waals surface area (Å²) in [6, 6.07) is 5.37. The minimum Gasteiger partial charge on any atom is -0.494 e. The fourth-order valence-corrected chi connectivity index (χ4v) is 3.99. The van der Waals surface area contributed by atoms with Gasteiger partial charge in [-0.25, -0.2) is 4.31 Å². The Hall–Kier alpha value is -1.57. The molecule has 0 amide bonds. The van der Waals surface area contributed by atoms with Crippen LogP contribution in [-0.4, -0.2) is 51.2 Å². The van der Waals surface area contributed by atoms with E-state index in [1.807, 2.05) is 12.1 Å². The van der Waals surface area contributed by atoms with Gasteiger partial charge in [0, 0.05) is 13.1 Å². The van der Waals surface area contributed by atoms with Gasteiger partial charge < -0.3 is 9.64 Å². The molecule has 0 fully saturated rings. The number of benzene rings is 1. The molecule has 1 aliphatic heterocycles. The Balaban J connectivity index is 1.73. The number of ether oxygens (including phenoxy) is 1. The van der Waals surface area contributed by atoms with Crippen LogP contribution in [0, 0.1) is 0 Å². The molecule has 1 heterocycles. The van der Waals surface area contributed by atoms with E-state index in [4.69, 9.17) is 4.74 Å². The van der Waals surface area contributed by atoms with Crippen LogP contribution in [0.1, 0.15) is 37.7 Å². The van der Waals surface area contributed by atoms with Crippen LogP contribution in [0.3, 0.4) is 0 Å². The highest BCUT2D eigenvalue weighted by Gasteiger charge is 2.25. The first-order chi connectivity index (χ1) is 12.4. The van der Waals surface area contributed by atoms with Gasteiger partial charge in [-0.1, -0.05) is 18.9 Å². The number of hydrogen-bond donors (Lipinski definition) is 1. The minimum atomic E-state index is -4.21.